The van der Waals surface area contributed by atoms with Gasteiger partial charge in [0, 0.05) is 13.7 Å². The van der Waals surface area contributed by atoms with E-state index in [1.807, 2.05) is 7.11 Å². The Morgan fingerprint density at radius 1 is 1.58 bits per heavy atom. The van der Waals surface area contributed by atoms with Crippen LogP contribution in [0.2, 0.25) is 0 Å². The van der Waals surface area contributed by atoms with Crippen LogP contribution in [0.25, 0.3) is 0 Å². The van der Waals surface area contributed by atoms with Gasteiger partial charge in [-0.3, -0.25) is 4.90 Å². The molecule has 70 valence electrons. The summed E-state index contributed by atoms with van der Waals surface area (Å²) in [5, 5.41) is 0. The molecule has 2 fully saturated rings. The van der Waals surface area contributed by atoms with E-state index in [0.717, 1.165) is 5.92 Å². The third kappa shape index (κ3) is 0.994. The molecule has 1 aliphatic carbocycles. The molecular weight excluding hydrogens is 218 g/mol. The zero-order valence-electron chi connectivity index (χ0n) is 7.72. The monoisotopic (exact) mass is 233 g/mol. The maximum Gasteiger partial charge on any atom is 0.133 e. The summed E-state index contributed by atoms with van der Waals surface area (Å²) < 4.78 is 5.67. The second kappa shape index (κ2) is 2.96. The summed E-state index contributed by atoms with van der Waals surface area (Å²) >= 11 is 3.77. The Labute approximate surface area is 82.4 Å². The van der Waals surface area contributed by atoms with Crippen molar-refractivity contribution >= 4 is 15.9 Å². The van der Waals surface area contributed by atoms with Crippen LogP contribution in [0.15, 0.2) is 0 Å². The molecule has 2 rings (SSSR count). The van der Waals surface area contributed by atoms with Gasteiger partial charge in [-0.25, -0.2) is 0 Å². The van der Waals surface area contributed by atoms with Crippen molar-refractivity contribution in [3.8, 4) is 0 Å². The van der Waals surface area contributed by atoms with E-state index in [1.54, 1.807) is 0 Å². The summed E-state index contributed by atoms with van der Waals surface area (Å²) in [6, 6.07) is 0. The molecule has 0 spiro atoms. The van der Waals surface area contributed by atoms with Gasteiger partial charge in [-0.2, -0.15) is 0 Å². The standard InChI is InChI=1S/C9H16BrNO/c1-11-6-7-4-3-5-9(11,12-2)8(7)10/h7-8H,3-6H2,1-2H3/t7-,8+,9+/m1/s1. The normalized spacial score (nSPS) is 48.2. The Kier molecular flexibility index (Phi) is 2.22. The molecule has 0 amide bonds. The van der Waals surface area contributed by atoms with Gasteiger partial charge in [-0.1, -0.05) is 15.9 Å². The quantitative estimate of drug-likeness (QED) is 0.642. The molecule has 0 N–H and O–H groups in total. The zero-order chi connectivity index (χ0) is 8.77. The van der Waals surface area contributed by atoms with E-state index in [1.165, 1.54) is 25.8 Å². The number of ether oxygens (including phenoxy) is 1. The minimum Gasteiger partial charge on any atom is -0.362 e. The van der Waals surface area contributed by atoms with Crippen LogP contribution >= 0.6 is 15.9 Å². The Hall–Kier alpha value is 0.400. The van der Waals surface area contributed by atoms with Crippen LogP contribution in [0, 0.1) is 5.92 Å². The number of nitrogens with zero attached hydrogens (tertiary/aromatic N) is 1. The predicted octanol–water partition coefficient (Wildman–Crippen LogP) is 1.84. The second-order valence-corrected chi connectivity index (χ2v) is 4.97. The molecule has 1 saturated carbocycles. The van der Waals surface area contributed by atoms with Gasteiger partial charge in [0.2, 0.25) is 0 Å². The van der Waals surface area contributed by atoms with Crippen molar-refractivity contribution in [3.05, 3.63) is 0 Å². The van der Waals surface area contributed by atoms with E-state index < -0.39 is 0 Å². The van der Waals surface area contributed by atoms with Gasteiger partial charge >= 0.3 is 0 Å². The first-order chi connectivity index (χ1) is 5.70. The van der Waals surface area contributed by atoms with Gasteiger partial charge in [-0.05, 0) is 32.2 Å². The molecule has 1 aliphatic heterocycles. The summed E-state index contributed by atoms with van der Waals surface area (Å²) in [4.78, 5) is 2.90. The predicted molar refractivity (Wildman–Crippen MR) is 52.4 cm³/mol. The Balaban J connectivity index is 2.27. The first-order valence-corrected chi connectivity index (χ1v) is 5.53. The van der Waals surface area contributed by atoms with Crippen LogP contribution in [0.3, 0.4) is 0 Å². The Morgan fingerprint density at radius 3 is 2.92 bits per heavy atom. The number of hydrogen-bond acceptors (Lipinski definition) is 2. The average molecular weight is 234 g/mol. The number of rotatable bonds is 1. The van der Waals surface area contributed by atoms with Gasteiger partial charge < -0.3 is 4.74 Å². The lowest BCUT2D eigenvalue weighted by Crippen LogP contribution is -2.49. The molecule has 2 bridgehead atoms. The maximum absolute atomic E-state index is 5.67. The van der Waals surface area contributed by atoms with Crippen molar-refractivity contribution < 1.29 is 4.74 Å². The van der Waals surface area contributed by atoms with Crippen LogP contribution in [0.1, 0.15) is 19.3 Å². The molecular formula is C9H16BrNO. The van der Waals surface area contributed by atoms with Crippen LogP contribution < -0.4 is 0 Å². The first-order valence-electron chi connectivity index (χ1n) is 4.61. The summed E-state index contributed by atoms with van der Waals surface area (Å²) in [7, 11) is 4.00. The molecule has 0 aromatic heterocycles. The zero-order valence-corrected chi connectivity index (χ0v) is 9.30. The maximum atomic E-state index is 5.67. The molecule has 0 aromatic rings. The smallest absolute Gasteiger partial charge is 0.133 e. The minimum atomic E-state index is 0.00289. The van der Waals surface area contributed by atoms with Crippen LogP contribution in [0.4, 0.5) is 0 Å². The van der Waals surface area contributed by atoms with Gasteiger partial charge in [0.1, 0.15) is 5.72 Å². The molecule has 0 aromatic carbocycles. The van der Waals surface area contributed by atoms with E-state index in [2.05, 4.69) is 27.9 Å². The highest BCUT2D eigenvalue weighted by atomic mass is 79.9. The lowest BCUT2D eigenvalue weighted by Gasteiger charge is -2.39. The van der Waals surface area contributed by atoms with Crippen molar-refractivity contribution in [2.45, 2.75) is 29.8 Å². The molecule has 3 atom stereocenters. The van der Waals surface area contributed by atoms with Crippen LogP contribution in [-0.2, 0) is 4.74 Å². The van der Waals surface area contributed by atoms with Crippen molar-refractivity contribution in [3.63, 3.8) is 0 Å². The molecule has 0 radical (unpaired) electrons. The van der Waals surface area contributed by atoms with Crippen molar-refractivity contribution in [1.29, 1.82) is 0 Å². The minimum absolute atomic E-state index is 0.00289. The fourth-order valence-electron chi connectivity index (χ4n) is 2.73. The number of fused-ring (bicyclic) bond motifs is 2. The van der Waals surface area contributed by atoms with Crippen LogP contribution in [-0.4, -0.2) is 36.2 Å². The molecule has 2 aliphatic rings. The molecule has 3 heteroatoms. The van der Waals surface area contributed by atoms with Gasteiger partial charge in [0.15, 0.2) is 0 Å². The fraction of sp³-hybridized carbons (Fsp3) is 1.00. The highest BCUT2D eigenvalue weighted by molar-refractivity contribution is 9.09. The third-order valence-corrected chi connectivity index (χ3v) is 4.93. The second-order valence-electron chi connectivity index (χ2n) is 3.98. The lowest BCUT2D eigenvalue weighted by molar-refractivity contribution is -0.106. The lowest BCUT2D eigenvalue weighted by atomic mass is 9.87. The summed E-state index contributed by atoms with van der Waals surface area (Å²) in [5.74, 6) is 0.795. The number of halogens is 1. The van der Waals surface area contributed by atoms with Crippen molar-refractivity contribution in [2.24, 2.45) is 5.92 Å². The molecule has 1 heterocycles. The number of hydrogen-bond donors (Lipinski definition) is 0. The molecule has 1 saturated heterocycles. The number of methoxy groups -OCH3 is 1. The molecule has 0 unspecified atom stereocenters. The Bertz CT molecular complexity index is 187. The van der Waals surface area contributed by atoms with Gasteiger partial charge in [0.25, 0.3) is 0 Å². The SMILES string of the molecule is CO[C@]12CCC[C@H](CN1C)[C@@H]2Br. The van der Waals surface area contributed by atoms with Gasteiger partial charge in [0.05, 0.1) is 4.83 Å². The average Bonchev–Trinajstić information content (AvgIpc) is 2.23. The summed E-state index contributed by atoms with van der Waals surface area (Å²) in [5.41, 5.74) is 0.00289. The van der Waals surface area contributed by atoms with Gasteiger partial charge in [-0.15, -0.1) is 0 Å². The molecule has 12 heavy (non-hydrogen) atoms. The number of alkyl halides is 1. The summed E-state index contributed by atoms with van der Waals surface area (Å²) in [6.45, 7) is 1.18. The largest absolute Gasteiger partial charge is 0.362 e. The van der Waals surface area contributed by atoms with Crippen molar-refractivity contribution in [2.75, 3.05) is 20.7 Å². The van der Waals surface area contributed by atoms with E-state index in [0.29, 0.717) is 4.83 Å². The fourth-order valence-corrected chi connectivity index (χ4v) is 3.93. The summed E-state index contributed by atoms with van der Waals surface area (Å²) in [6.07, 6.45) is 3.84. The highest BCUT2D eigenvalue weighted by Crippen LogP contribution is 2.47. The van der Waals surface area contributed by atoms with Crippen molar-refractivity contribution in [1.82, 2.24) is 4.90 Å². The van der Waals surface area contributed by atoms with E-state index in [-0.39, 0.29) is 5.72 Å². The van der Waals surface area contributed by atoms with Crippen LogP contribution in [0.5, 0.6) is 0 Å². The highest BCUT2D eigenvalue weighted by Gasteiger charge is 2.53. The van der Waals surface area contributed by atoms with E-state index >= 15 is 0 Å². The third-order valence-electron chi connectivity index (χ3n) is 3.46. The Morgan fingerprint density at radius 2 is 2.33 bits per heavy atom. The number of likely N-dealkylation sites (tertiary alicyclic amines) is 1. The first kappa shape index (κ1) is 8.97. The van der Waals surface area contributed by atoms with E-state index in [9.17, 15) is 0 Å². The molecule has 2 nitrogen and oxygen atoms in total. The topological polar surface area (TPSA) is 12.5 Å². The van der Waals surface area contributed by atoms with E-state index in [4.69, 9.17) is 4.74 Å².